The number of nitrogens with zero attached hydrogens (tertiary/aromatic N) is 2. The minimum Gasteiger partial charge on any atom is -0.396 e. The van der Waals surface area contributed by atoms with Crippen LogP contribution in [-0.4, -0.2) is 22.4 Å². The number of hydrogen-bond donors (Lipinski definition) is 1. The van der Waals surface area contributed by atoms with Gasteiger partial charge < -0.3 is 5.11 Å². The normalized spacial score (nSPS) is 14.8. The number of rotatable bonds is 8. The smallest absolute Gasteiger partial charge is 0.0720 e. The standard InChI is InChI=1S/C15H18N2.C15H20.C3H8O.C2H6/c1-4-12(10-16-11(2)3)14-6-5-7-15(17-14)13-8-9-13;1-5-15(8-9-15)14-7-6-13(11(2)3)10-12(14)4;1-2-3-4;1-2/h4-7,10,13H,1,8-9H2,2-3H3;6-7,10H,2,5,8-9H2,1,3-4H3;4H,2-3H2,1H3;1-2H3/b12-10+;;;. The first-order valence-corrected chi connectivity index (χ1v) is 14.4. The summed E-state index contributed by atoms with van der Waals surface area (Å²) in [6.07, 6.45) is 11.1. The lowest BCUT2D eigenvalue weighted by molar-refractivity contribution is 0.295. The second-order valence-corrected chi connectivity index (χ2v) is 10.3. The first kappa shape index (κ1) is 33.2. The molecule has 0 aliphatic heterocycles. The predicted molar refractivity (Wildman–Crippen MR) is 169 cm³/mol. The highest BCUT2D eigenvalue weighted by Gasteiger charge is 2.43. The third-order valence-electron chi connectivity index (χ3n) is 6.79. The molecule has 2 fully saturated rings. The number of pyridine rings is 1. The number of aryl methyl sites for hydroxylation is 1. The van der Waals surface area contributed by atoms with Gasteiger partial charge in [0.1, 0.15) is 0 Å². The molecule has 0 radical (unpaired) electrons. The van der Waals surface area contributed by atoms with Gasteiger partial charge in [0, 0.05) is 35.7 Å². The largest absolute Gasteiger partial charge is 0.396 e. The predicted octanol–water partition coefficient (Wildman–Crippen LogP) is 9.85. The highest BCUT2D eigenvalue weighted by molar-refractivity contribution is 5.81. The first-order valence-electron chi connectivity index (χ1n) is 14.4. The summed E-state index contributed by atoms with van der Waals surface area (Å²) in [5.74, 6) is 0.678. The van der Waals surface area contributed by atoms with Crippen LogP contribution in [0.4, 0.5) is 0 Å². The van der Waals surface area contributed by atoms with E-state index < -0.39 is 0 Å². The number of aromatic nitrogens is 1. The van der Waals surface area contributed by atoms with E-state index in [2.05, 4.69) is 74.2 Å². The Labute approximate surface area is 233 Å². The molecule has 2 aromatic rings. The van der Waals surface area contributed by atoms with Crippen molar-refractivity contribution in [1.82, 2.24) is 4.98 Å². The van der Waals surface area contributed by atoms with Gasteiger partial charge in [0.05, 0.1) is 5.69 Å². The highest BCUT2D eigenvalue weighted by Crippen LogP contribution is 2.52. The van der Waals surface area contributed by atoms with Gasteiger partial charge in [-0.25, -0.2) is 0 Å². The van der Waals surface area contributed by atoms with Gasteiger partial charge in [0.2, 0.25) is 0 Å². The zero-order valence-corrected chi connectivity index (χ0v) is 25.4. The monoisotopic (exact) mass is 516 g/mol. The Morgan fingerprint density at radius 2 is 1.74 bits per heavy atom. The minimum atomic E-state index is 0.319. The van der Waals surface area contributed by atoms with Gasteiger partial charge in [-0.2, -0.15) is 0 Å². The number of hydrogen-bond acceptors (Lipinski definition) is 3. The van der Waals surface area contributed by atoms with E-state index in [0.717, 1.165) is 29.0 Å². The summed E-state index contributed by atoms with van der Waals surface area (Å²) in [5, 5.41) is 7.88. The summed E-state index contributed by atoms with van der Waals surface area (Å²) in [5.41, 5.74) is 10.1. The van der Waals surface area contributed by atoms with E-state index in [1.807, 2.05) is 53.0 Å². The minimum absolute atomic E-state index is 0.319. The zero-order chi connectivity index (χ0) is 28.7. The van der Waals surface area contributed by atoms with Crippen molar-refractivity contribution in [2.75, 3.05) is 6.61 Å². The zero-order valence-electron chi connectivity index (χ0n) is 25.4. The van der Waals surface area contributed by atoms with Crippen LogP contribution < -0.4 is 0 Å². The van der Waals surface area contributed by atoms with Crippen LogP contribution in [0, 0.1) is 6.92 Å². The van der Waals surface area contributed by atoms with Crippen molar-refractivity contribution in [3.63, 3.8) is 0 Å². The molecule has 1 heterocycles. The fourth-order valence-corrected chi connectivity index (χ4v) is 4.13. The fourth-order valence-electron chi connectivity index (χ4n) is 4.13. The van der Waals surface area contributed by atoms with E-state index >= 15 is 0 Å². The quantitative estimate of drug-likeness (QED) is 0.280. The number of aliphatic hydroxyl groups is 1. The molecule has 2 aliphatic rings. The van der Waals surface area contributed by atoms with Crippen LogP contribution in [0.5, 0.6) is 0 Å². The van der Waals surface area contributed by atoms with Crippen LogP contribution in [0.2, 0.25) is 0 Å². The van der Waals surface area contributed by atoms with E-state index in [1.165, 1.54) is 48.9 Å². The molecule has 0 amide bonds. The molecule has 0 saturated heterocycles. The maximum Gasteiger partial charge on any atom is 0.0720 e. The van der Waals surface area contributed by atoms with Gasteiger partial charge in [0.15, 0.2) is 0 Å². The van der Waals surface area contributed by atoms with Crippen LogP contribution in [-0.2, 0) is 5.41 Å². The topological polar surface area (TPSA) is 45.5 Å². The molecule has 2 aliphatic carbocycles. The molecule has 1 N–H and O–H groups in total. The van der Waals surface area contributed by atoms with Gasteiger partial charge >= 0.3 is 0 Å². The maximum absolute atomic E-state index is 7.88. The SMILES string of the molecule is C=C(C)c1ccc(C2(CC)CC2)c(C)c1.C=C/C(=C\N=C(C)C)c1cccc(C2CC2)n1.CC.CCCO. The number of benzene rings is 1. The summed E-state index contributed by atoms with van der Waals surface area (Å²) in [4.78, 5) is 8.98. The summed E-state index contributed by atoms with van der Waals surface area (Å²) < 4.78 is 0. The lowest BCUT2D eigenvalue weighted by Gasteiger charge is -2.17. The molecule has 0 spiro atoms. The molecule has 2 saturated carbocycles. The van der Waals surface area contributed by atoms with Crippen molar-refractivity contribution in [1.29, 1.82) is 0 Å². The van der Waals surface area contributed by atoms with Crippen molar-refractivity contribution < 1.29 is 5.11 Å². The number of aliphatic hydroxyl groups excluding tert-OH is 1. The van der Waals surface area contributed by atoms with Gasteiger partial charge in [-0.3, -0.25) is 9.98 Å². The maximum atomic E-state index is 7.88. The van der Waals surface area contributed by atoms with Crippen LogP contribution in [0.25, 0.3) is 11.1 Å². The molecular weight excluding hydrogens is 464 g/mol. The number of aliphatic imine (C=N–C) groups is 1. The Hall–Kier alpha value is -2.78. The van der Waals surface area contributed by atoms with Crippen molar-refractivity contribution in [2.45, 2.75) is 105 Å². The Balaban J connectivity index is 0.000000317. The first-order chi connectivity index (χ1) is 18.2. The van der Waals surface area contributed by atoms with Gasteiger partial charge in [-0.1, -0.05) is 76.8 Å². The van der Waals surface area contributed by atoms with E-state index in [-0.39, 0.29) is 0 Å². The second-order valence-electron chi connectivity index (χ2n) is 10.3. The molecule has 3 nitrogen and oxygen atoms in total. The lowest BCUT2D eigenvalue weighted by atomic mass is 9.88. The number of allylic oxidation sites excluding steroid dienone is 3. The summed E-state index contributed by atoms with van der Waals surface area (Å²) in [6.45, 7) is 24.6. The third-order valence-corrected chi connectivity index (χ3v) is 6.79. The van der Waals surface area contributed by atoms with E-state index in [0.29, 0.717) is 17.9 Å². The molecular formula is C35H52N2O. The molecule has 0 atom stereocenters. The third kappa shape index (κ3) is 10.5. The van der Waals surface area contributed by atoms with Crippen molar-refractivity contribution >= 4 is 16.9 Å². The summed E-state index contributed by atoms with van der Waals surface area (Å²) >= 11 is 0. The van der Waals surface area contributed by atoms with Crippen molar-refractivity contribution in [2.24, 2.45) is 4.99 Å². The van der Waals surface area contributed by atoms with Crippen LogP contribution >= 0.6 is 0 Å². The Morgan fingerprint density at radius 1 is 1.11 bits per heavy atom. The lowest BCUT2D eigenvalue weighted by Crippen LogP contribution is -2.06. The molecule has 0 unspecified atom stereocenters. The van der Waals surface area contributed by atoms with E-state index in [9.17, 15) is 0 Å². The summed E-state index contributed by atoms with van der Waals surface area (Å²) in [6, 6.07) is 13.0. The molecule has 4 rings (SSSR count). The second kappa shape index (κ2) is 16.9. The van der Waals surface area contributed by atoms with Crippen molar-refractivity contribution in [3.8, 4) is 0 Å². The average Bonchev–Trinajstić information content (AvgIpc) is 3.85. The van der Waals surface area contributed by atoms with Crippen molar-refractivity contribution in [3.05, 3.63) is 89.9 Å². The Morgan fingerprint density at radius 3 is 2.16 bits per heavy atom. The fraction of sp³-hybridized carbons (Fsp3) is 0.486. The molecule has 38 heavy (non-hydrogen) atoms. The molecule has 1 aromatic carbocycles. The highest BCUT2D eigenvalue weighted by atomic mass is 16.2. The molecule has 208 valence electrons. The van der Waals surface area contributed by atoms with Gasteiger partial charge in [-0.15, -0.1) is 0 Å². The average molecular weight is 517 g/mol. The van der Waals surface area contributed by atoms with E-state index in [1.54, 1.807) is 5.56 Å². The van der Waals surface area contributed by atoms with Gasteiger partial charge in [-0.05, 0) is 100 Å². The molecule has 1 aromatic heterocycles. The van der Waals surface area contributed by atoms with Crippen LogP contribution in [0.1, 0.15) is 121 Å². The molecule has 3 heteroatoms. The van der Waals surface area contributed by atoms with E-state index in [4.69, 9.17) is 5.11 Å². The Kier molecular flexibility index (Phi) is 14.8. The Bertz CT molecular complexity index is 1080. The van der Waals surface area contributed by atoms with Gasteiger partial charge in [0.25, 0.3) is 0 Å². The van der Waals surface area contributed by atoms with Crippen LogP contribution in [0.15, 0.2) is 66.8 Å². The van der Waals surface area contributed by atoms with Crippen LogP contribution in [0.3, 0.4) is 0 Å². The molecule has 0 bridgehead atoms. The summed E-state index contributed by atoms with van der Waals surface area (Å²) in [7, 11) is 0.